The number of primary sulfonamides is 1. The van der Waals surface area contributed by atoms with E-state index in [9.17, 15) is 22.8 Å². The van der Waals surface area contributed by atoms with E-state index in [0.29, 0.717) is 10.6 Å². The summed E-state index contributed by atoms with van der Waals surface area (Å²) in [6, 6.07) is 3.46. The summed E-state index contributed by atoms with van der Waals surface area (Å²) in [7, 11) is -1.49. The number of esters is 2. The molecule has 0 saturated carbocycles. The van der Waals surface area contributed by atoms with Gasteiger partial charge in [0, 0.05) is 4.88 Å². The van der Waals surface area contributed by atoms with Crippen LogP contribution in [0.25, 0.3) is 0 Å². The fourth-order valence-electron chi connectivity index (χ4n) is 3.54. The van der Waals surface area contributed by atoms with Crippen LogP contribution in [-0.4, -0.2) is 47.1 Å². The molecular formula is C21H24N2O8S2. The summed E-state index contributed by atoms with van der Waals surface area (Å²) < 4.78 is 38.2. The van der Waals surface area contributed by atoms with Gasteiger partial charge in [0.15, 0.2) is 6.61 Å². The third kappa shape index (κ3) is 5.70. The molecule has 1 aromatic heterocycles. The number of methoxy groups -OCH3 is 2. The van der Waals surface area contributed by atoms with Crippen molar-refractivity contribution < 1.29 is 37.0 Å². The van der Waals surface area contributed by atoms with Crippen molar-refractivity contribution in [3.8, 4) is 5.75 Å². The van der Waals surface area contributed by atoms with Gasteiger partial charge in [0.1, 0.15) is 16.3 Å². The summed E-state index contributed by atoms with van der Waals surface area (Å²) >= 11 is 1.31. The van der Waals surface area contributed by atoms with E-state index in [1.807, 2.05) is 0 Å². The predicted molar refractivity (Wildman–Crippen MR) is 120 cm³/mol. The number of hydrogen-bond donors (Lipinski definition) is 2. The van der Waals surface area contributed by atoms with E-state index >= 15 is 0 Å². The topological polar surface area (TPSA) is 151 Å². The Morgan fingerprint density at radius 2 is 1.82 bits per heavy atom. The Hall–Kier alpha value is -2.96. The zero-order chi connectivity index (χ0) is 24.2. The molecule has 0 fully saturated rings. The maximum atomic E-state index is 12.5. The van der Waals surface area contributed by atoms with E-state index in [0.717, 1.165) is 48.6 Å². The molecule has 0 aliphatic heterocycles. The summed E-state index contributed by atoms with van der Waals surface area (Å²) in [4.78, 5) is 38.1. The highest BCUT2D eigenvalue weighted by molar-refractivity contribution is 7.89. The van der Waals surface area contributed by atoms with Crippen molar-refractivity contribution in [2.24, 2.45) is 5.14 Å². The Morgan fingerprint density at radius 1 is 1.09 bits per heavy atom. The molecule has 0 saturated heterocycles. The molecule has 1 aromatic carbocycles. The summed E-state index contributed by atoms with van der Waals surface area (Å²) in [6.45, 7) is -0.662. The van der Waals surface area contributed by atoms with Crippen molar-refractivity contribution in [3.63, 3.8) is 0 Å². The summed E-state index contributed by atoms with van der Waals surface area (Å²) in [5, 5.41) is 8.08. The van der Waals surface area contributed by atoms with Gasteiger partial charge in [-0.25, -0.2) is 23.1 Å². The number of carbonyl (C=O) groups is 3. The molecule has 1 heterocycles. The van der Waals surface area contributed by atoms with E-state index in [-0.39, 0.29) is 16.2 Å². The van der Waals surface area contributed by atoms with Gasteiger partial charge in [0.2, 0.25) is 10.0 Å². The van der Waals surface area contributed by atoms with Crippen LogP contribution in [0.15, 0.2) is 23.1 Å². The van der Waals surface area contributed by atoms with Crippen LogP contribution in [0, 0.1) is 0 Å². The second kappa shape index (κ2) is 10.3. The third-order valence-corrected chi connectivity index (χ3v) is 7.24. The molecule has 0 atom stereocenters. The summed E-state index contributed by atoms with van der Waals surface area (Å²) in [6.07, 6.45) is 4.54. The molecule has 1 aliphatic rings. The van der Waals surface area contributed by atoms with Crippen LogP contribution < -0.4 is 15.2 Å². The molecule has 1 amide bonds. The van der Waals surface area contributed by atoms with E-state index in [4.69, 9.17) is 19.3 Å². The SMILES string of the molecule is COC(=O)c1c(NC(=O)COC(=O)c2cc(S(N)(=O)=O)ccc2OC)sc2c1CCCCC2. The van der Waals surface area contributed by atoms with Crippen molar-refractivity contribution in [1.29, 1.82) is 0 Å². The third-order valence-electron chi connectivity index (χ3n) is 5.12. The quantitative estimate of drug-likeness (QED) is 0.437. The van der Waals surface area contributed by atoms with Crippen molar-refractivity contribution in [3.05, 3.63) is 39.8 Å². The van der Waals surface area contributed by atoms with Crippen LogP contribution in [0.4, 0.5) is 5.00 Å². The number of amides is 1. The first-order valence-electron chi connectivity index (χ1n) is 10.1. The Morgan fingerprint density at radius 3 is 2.48 bits per heavy atom. The molecule has 33 heavy (non-hydrogen) atoms. The minimum absolute atomic E-state index is 0.0581. The van der Waals surface area contributed by atoms with E-state index in [1.54, 1.807) is 0 Å². The fourth-order valence-corrected chi connectivity index (χ4v) is 5.38. The monoisotopic (exact) mass is 496 g/mol. The van der Waals surface area contributed by atoms with Crippen molar-refractivity contribution in [2.75, 3.05) is 26.1 Å². The maximum absolute atomic E-state index is 12.5. The summed E-state index contributed by atoms with van der Waals surface area (Å²) in [5.74, 6) is -2.11. The fraction of sp³-hybridized carbons (Fsp3) is 0.381. The first-order valence-corrected chi connectivity index (χ1v) is 12.4. The van der Waals surface area contributed by atoms with Gasteiger partial charge >= 0.3 is 11.9 Å². The standard InChI is InChI=1S/C21H24N2O8S2/c1-29-15-9-8-12(33(22,27)28)10-14(15)20(25)31-11-17(24)23-19-18(21(26)30-2)13-6-4-3-5-7-16(13)32-19/h8-10H,3-7,11H2,1-2H3,(H,23,24)(H2,22,27,28). The number of anilines is 1. The minimum Gasteiger partial charge on any atom is -0.496 e. The van der Waals surface area contributed by atoms with Crippen LogP contribution >= 0.6 is 11.3 Å². The number of fused-ring (bicyclic) bond motifs is 1. The lowest BCUT2D eigenvalue weighted by atomic mass is 10.1. The Kier molecular flexibility index (Phi) is 7.72. The normalized spacial score (nSPS) is 13.4. The molecule has 0 spiro atoms. The van der Waals surface area contributed by atoms with E-state index < -0.39 is 34.5 Å². The zero-order valence-corrected chi connectivity index (χ0v) is 19.8. The van der Waals surface area contributed by atoms with Crippen molar-refractivity contribution >= 4 is 44.2 Å². The number of carbonyl (C=O) groups excluding carboxylic acids is 3. The van der Waals surface area contributed by atoms with Crippen molar-refractivity contribution in [1.82, 2.24) is 0 Å². The lowest BCUT2D eigenvalue weighted by Crippen LogP contribution is -2.22. The average molecular weight is 497 g/mol. The molecule has 12 heteroatoms. The number of nitrogens with two attached hydrogens (primary N) is 1. The average Bonchev–Trinajstić information content (AvgIpc) is 2.95. The lowest BCUT2D eigenvalue weighted by molar-refractivity contribution is -0.119. The van der Waals surface area contributed by atoms with Gasteiger partial charge in [-0.2, -0.15) is 0 Å². The van der Waals surface area contributed by atoms with Gasteiger partial charge in [-0.1, -0.05) is 6.42 Å². The first-order chi connectivity index (χ1) is 15.7. The second-order valence-electron chi connectivity index (χ2n) is 7.29. The molecule has 10 nitrogen and oxygen atoms in total. The molecule has 1 aliphatic carbocycles. The highest BCUT2D eigenvalue weighted by atomic mass is 32.2. The molecule has 2 aromatic rings. The van der Waals surface area contributed by atoms with Crippen LogP contribution in [0.2, 0.25) is 0 Å². The Bertz CT molecular complexity index is 1190. The number of sulfonamides is 1. The van der Waals surface area contributed by atoms with Gasteiger partial charge in [0.05, 0.1) is 24.7 Å². The smallest absolute Gasteiger partial charge is 0.342 e. The first kappa shape index (κ1) is 24.7. The number of rotatable bonds is 7. The van der Waals surface area contributed by atoms with Crippen LogP contribution in [0.1, 0.15) is 50.4 Å². The highest BCUT2D eigenvalue weighted by Gasteiger charge is 2.27. The molecule has 3 rings (SSSR count). The molecule has 178 valence electrons. The Balaban J connectivity index is 1.75. The second-order valence-corrected chi connectivity index (χ2v) is 9.96. The predicted octanol–water partition coefficient (Wildman–Crippen LogP) is 2.26. The molecular weight excluding hydrogens is 472 g/mol. The number of hydrogen-bond acceptors (Lipinski definition) is 9. The number of ether oxygens (including phenoxy) is 3. The van der Waals surface area contributed by atoms with Crippen molar-refractivity contribution in [2.45, 2.75) is 37.0 Å². The molecule has 0 bridgehead atoms. The van der Waals surface area contributed by atoms with Crippen LogP contribution in [0.3, 0.4) is 0 Å². The van der Waals surface area contributed by atoms with Gasteiger partial charge in [-0.15, -0.1) is 11.3 Å². The van der Waals surface area contributed by atoms with E-state index in [1.165, 1.54) is 37.7 Å². The Labute approximate surface area is 195 Å². The number of nitrogens with one attached hydrogen (secondary N) is 1. The number of thiophene rings is 1. The molecule has 3 N–H and O–H groups in total. The van der Waals surface area contributed by atoms with E-state index in [2.05, 4.69) is 5.32 Å². The number of aryl methyl sites for hydroxylation is 1. The van der Waals surface area contributed by atoms with Crippen LogP contribution in [-0.2, 0) is 37.1 Å². The highest BCUT2D eigenvalue weighted by Crippen LogP contribution is 2.38. The van der Waals surface area contributed by atoms with Gasteiger partial charge in [-0.3, -0.25) is 4.79 Å². The maximum Gasteiger partial charge on any atom is 0.342 e. The zero-order valence-electron chi connectivity index (χ0n) is 18.1. The van der Waals surface area contributed by atoms with Crippen LogP contribution in [0.5, 0.6) is 5.75 Å². The van der Waals surface area contributed by atoms with Gasteiger partial charge < -0.3 is 19.5 Å². The lowest BCUT2D eigenvalue weighted by Gasteiger charge is -2.11. The molecule has 0 unspecified atom stereocenters. The number of benzene rings is 1. The molecule has 0 radical (unpaired) electrons. The van der Waals surface area contributed by atoms with Gasteiger partial charge in [-0.05, 0) is 49.4 Å². The largest absolute Gasteiger partial charge is 0.496 e. The van der Waals surface area contributed by atoms with Gasteiger partial charge in [0.25, 0.3) is 5.91 Å². The minimum atomic E-state index is -4.06. The summed E-state index contributed by atoms with van der Waals surface area (Å²) in [5.41, 5.74) is 1.03.